The molecule has 1 spiro atoms. The minimum atomic E-state index is -1.85. The molecule has 7 aliphatic heterocycles. The van der Waals surface area contributed by atoms with Gasteiger partial charge in [-0.25, -0.2) is 0 Å². The maximum absolute atomic E-state index is 14.5. The number of allylic oxidation sites excluding steroid dienone is 2. The molecule has 0 amide bonds. The van der Waals surface area contributed by atoms with Crippen molar-refractivity contribution in [3.05, 3.63) is 59.3 Å². The summed E-state index contributed by atoms with van der Waals surface area (Å²) in [5.41, 5.74) is 0.0920. The Kier molecular flexibility index (Phi) is 19.5. The van der Waals surface area contributed by atoms with E-state index in [9.17, 15) is 15.0 Å². The molecule has 18 heteroatoms. The molecule has 2 bridgehead atoms. The van der Waals surface area contributed by atoms with Crippen molar-refractivity contribution in [3.63, 3.8) is 0 Å². The number of aliphatic hydroxyl groups is 2. The molecule has 2 N–H and O–H groups in total. The Bertz CT molecular complexity index is 2080. The predicted molar refractivity (Wildman–Crippen MR) is 273 cm³/mol. The molecular formula is C57H88O18. The summed E-state index contributed by atoms with van der Waals surface area (Å²) in [5.74, 6) is -2.66. The van der Waals surface area contributed by atoms with Crippen molar-refractivity contribution in [2.75, 3.05) is 42.2 Å². The van der Waals surface area contributed by atoms with Crippen LogP contribution < -0.4 is 0 Å². The van der Waals surface area contributed by atoms with E-state index in [2.05, 4.69) is 39.8 Å². The van der Waals surface area contributed by atoms with Crippen LogP contribution in [0.2, 0.25) is 0 Å². The third-order valence-electron chi connectivity index (χ3n) is 17.3. The van der Waals surface area contributed by atoms with E-state index in [0.29, 0.717) is 36.8 Å². The first kappa shape index (κ1) is 58.7. The Hall–Kier alpha value is -2.47. The zero-order valence-electron chi connectivity index (χ0n) is 46.7. The first-order valence-corrected chi connectivity index (χ1v) is 27.4. The summed E-state index contributed by atoms with van der Waals surface area (Å²) in [6.07, 6.45) is 5.97. The molecule has 8 aliphatic rings. The SMILES string of the molecule is CC[C@H](C)[C@H]1O[C@]2(C=C[C@@H]1C)C[C@@H]1C[C@@H](C/C=C(\C)[C@@H](O[C@H]3C[C@H](OC)[C@@H](O[C@H]4C[C@H](OC)[C@H](O[C@@H]5O[C@@H](C)[C@@H](OC)[C@@H](OC)[C@@H]5OC)[C@H](C)O4)[C@H](C)O3)[C@@H](C)/C=C/C=C3\CO[C@@H]4[C@H](O)C(C)=C[C@@H](C(=O)O1)[C@]34O)O2. The van der Waals surface area contributed by atoms with Gasteiger partial charge in [-0.2, -0.15) is 0 Å². The van der Waals surface area contributed by atoms with E-state index >= 15 is 0 Å². The number of ether oxygens (including phenoxy) is 15. The quantitative estimate of drug-likeness (QED) is 0.156. The minimum absolute atomic E-state index is 0.0201. The van der Waals surface area contributed by atoms with E-state index in [4.69, 9.17) is 71.1 Å². The van der Waals surface area contributed by atoms with Gasteiger partial charge in [0.25, 0.3) is 0 Å². The highest BCUT2D eigenvalue weighted by atomic mass is 16.8. The van der Waals surface area contributed by atoms with Crippen molar-refractivity contribution in [3.8, 4) is 0 Å². The van der Waals surface area contributed by atoms with Gasteiger partial charge < -0.3 is 81.3 Å². The number of fused-ring (bicyclic) bond motifs is 2. The van der Waals surface area contributed by atoms with E-state index in [-0.39, 0.29) is 49.1 Å². The van der Waals surface area contributed by atoms with Crippen LogP contribution in [0, 0.1) is 23.7 Å². The molecule has 7 heterocycles. The summed E-state index contributed by atoms with van der Waals surface area (Å²) < 4.78 is 95.8. The lowest BCUT2D eigenvalue weighted by Crippen LogP contribution is -2.62. The fraction of sp³-hybridized carbons (Fsp3) is 0.807. The van der Waals surface area contributed by atoms with Crippen molar-refractivity contribution in [2.45, 2.75) is 229 Å². The smallest absolute Gasteiger partial charge is 0.316 e. The third-order valence-corrected chi connectivity index (χ3v) is 17.3. The highest BCUT2D eigenvalue weighted by molar-refractivity contribution is 5.78. The third kappa shape index (κ3) is 12.2. The Balaban J connectivity index is 1.01. The van der Waals surface area contributed by atoms with Crippen LogP contribution in [0.4, 0.5) is 0 Å². The van der Waals surface area contributed by atoms with E-state index in [1.165, 1.54) is 0 Å². The average molecular weight is 1060 g/mol. The number of aliphatic hydroxyl groups excluding tert-OH is 1. The van der Waals surface area contributed by atoms with E-state index in [1.54, 1.807) is 54.6 Å². The van der Waals surface area contributed by atoms with Gasteiger partial charge in [-0.1, -0.05) is 70.6 Å². The fourth-order valence-electron chi connectivity index (χ4n) is 12.8. The van der Waals surface area contributed by atoms with Crippen LogP contribution in [0.25, 0.3) is 0 Å². The molecule has 0 radical (unpaired) electrons. The van der Waals surface area contributed by atoms with Crippen molar-refractivity contribution in [1.29, 1.82) is 0 Å². The molecule has 18 nitrogen and oxygen atoms in total. The fourth-order valence-corrected chi connectivity index (χ4v) is 12.8. The monoisotopic (exact) mass is 1060 g/mol. The molecule has 0 aromatic heterocycles. The molecule has 0 aromatic carbocycles. The van der Waals surface area contributed by atoms with E-state index in [1.807, 2.05) is 45.9 Å². The van der Waals surface area contributed by atoms with Gasteiger partial charge in [-0.15, -0.1) is 0 Å². The molecule has 8 rings (SSSR count). The first-order valence-electron chi connectivity index (χ1n) is 27.4. The summed E-state index contributed by atoms with van der Waals surface area (Å²) >= 11 is 0. The molecule has 424 valence electrons. The molecule has 25 atom stereocenters. The number of carbonyl (C=O) groups excluding carboxylic acids is 1. The number of methoxy groups -OCH3 is 5. The van der Waals surface area contributed by atoms with Crippen LogP contribution in [-0.2, 0) is 75.8 Å². The number of rotatable bonds is 13. The van der Waals surface area contributed by atoms with E-state index in [0.717, 1.165) is 12.0 Å². The topological polar surface area (TPSA) is 196 Å². The Morgan fingerprint density at radius 1 is 0.733 bits per heavy atom. The van der Waals surface area contributed by atoms with E-state index < -0.39 is 121 Å². The first-order chi connectivity index (χ1) is 35.8. The summed E-state index contributed by atoms with van der Waals surface area (Å²) in [5, 5.41) is 23.9. The predicted octanol–water partition coefficient (Wildman–Crippen LogP) is 6.19. The average Bonchev–Trinajstić information content (AvgIpc) is 3.76. The van der Waals surface area contributed by atoms with Crippen molar-refractivity contribution >= 4 is 5.97 Å². The van der Waals surface area contributed by atoms with Crippen molar-refractivity contribution in [1.82, 2.24) is 0 Å². The second kappa shape index (κ2) is 24.9. The van der Waals surface area contributed by atoms with Crippen LogP contribution in [0.15, 0.2) is 59.3 Å². The van der Waals surface area contributed by atoms with Gasteiger partial charge in [0.15, 0.2) is 24.7 Å². The van der Waals surface area contributed by atoms with Crippen LogP contribution in [0.1, 0.15) is 101 Å². The number of hydrogen-bond acceptors (Lipinski definition) is 18. The normalized spacial score (nSPS) is 48.9. The zero-order chi connectivity index (χ0) is 54.1. The van der Waals surface area contributed by atoms with Gasteiger partial charge in [0, 0.05) is 73.1 Å². The number of hydrogen-bond donors (Lipinski definition) is 2. The molecule has 5 saturated heterocycles. The lowest BCUT2D eigenvalue weighted by atomic mass is 9.71. The van der Waals surface area contributed by atoms with Gasteiger partial charge in [-0.3, -0.25) is 4.79 Å². The molecular weight excluding hydrogens is 973 g/mol. The number of carbonyl (C=O) groups is 1. The summed E-state index contributed by atoms with van der Waals surface area (Å²) in [4.78, 5) is 14.5. The van der Waals surface area contributed by atoms with Crippen LogP contribution in [-0.4, -0.2) is 186 Å². The van der Waals surface area contributed by atoms with Crippen LogP contribution in [0.3, 0.4) is 0 Å². The highest BCUT2D eigenvalue weighted by Gasteiger charge is 2.60. The largest absolute Gasteiger partial charge is 0.462 e. The maximum Gasteiger partial charge on any atom is 0.316 e. The minimum Gasteiger partial charge on any atom is -0.462 e. The lowest BCUT2D eigenvalue weighted by Gasteiger charge is -2.48. The molecule has 0 saturated carbocycles. The Morgan fingerprint density at radius 2 is 1.37 bits per heavy atom. The molecule has 0 aromatic rings. The van der Waals surface area contributed by atoms with Gasteiger partial charge in [0.2, 0.25) is 0 Å². The van der Waals surface area contributed by atoms with Gasteiger partial charge in [-0.05, 0) is 69.8 Å². The van der Waals surface area contributed by atoms with Gasteiger partial charge in [0.1, 0.15) is 60.4 Å². The molecule has 75 heavy (non-hydrogen) atoms. The van der Waals surface area contributed by atoms with Crippen LogP contribution >= 0.6 is 0 Å². The second-order valence-electron chi connectivity index (χ2n) is 22.4. The molecule has 1 aliphatic carbocycles. The Labute approximate surface area is 444 Å². The summed E-state index contributed by atoms with van der Waals surface area (Å²) in [7, 11) is 8.14. The van der Waals surface area contributed by atoms with Gasteiger partial charge >= 0.3 is 5.97 Å². The number of esters is 1. The van der Waals surface area contributed by atoms with Crippen molar-refractivity contribution in [2.24, 2.45) is 23.7 Å². The second-order valence-corrected chi connectivity index (χ2v) is 22.4. The summed E-state index contributed by atoms with van der Waals surface area (Å²) in [6.45, 7) is 18.1. The zero-order valence-corrected chi connectivity index (χ0v) is 46.7. The highest BCUT2D eigenvalue weighted by Crippen LogP contribution is 2.47. The standard InChI is InChI=1S/C57H88O18/c1-15-29(2)47-32(5)21-22-56(75-47)27-39-24-38(74-56)20-19-31(4)46(30(3)17-16-18-37-28-66-53-45(58)33(6)23-40(54(59)70-39)57(37,53)60)71-43-25-41(61-10)48(34(7)67-43)72-44-26-42(62-11)49(35(8)68-44)73-55-52(65-14)51(64-13)50(63-12)36(9)69-55/h16-19,21-23,29-30,32,34-36,38-53,55,58,60H,15,20,24-28H2,1-14H3/b17-16+,31-19+,37-18+/t29-,30-,32-,34-,35-,36-,38+,39-,40-,41-,42-,43-,44-,45+,46-,47+,48-,49+,50+,51+,52-,53+,55-,56+,57+/m0/s1. The molecule has 0 unspecified atom stereocenters. The van der Waals surface area contributed by atoms with Gasteiger partial charge in [0.05, 0.1) is 55.4 Å². The van der Waals surface area contributed by atoms with Crippen molar-refractivity contribution < 1.29 is 86.1 Å². The Morgan fingerprint density at radius 3 is 2.01 bits per heavy atom. The lowest BCUT2D eigenvalue weighted by molar-refractivity contribution is -0.354. The molecule has 5 fully saturated rings. The summed E-state index contributed by atoms with van der Waals surface area (Å²) in [6, 6.07) is 0. The van der Waals surface area contributed by atoms with Crippen LogP contribution in [0.5, 0.6) is 0 Å². The maximum atomic E-state index is 14.5.